The van der Waals surface area contributed by atoms with Crippen LogP contribution in [0.1, 0.15) is 33.4 Å². The molecule has 0 saturated heterocycles. The van der Waals surface area contributed by atoms with Crippen molar-refractivity contribution in [1.29, 1.82) is 0 Å². The molecule has 52 heavy (non-hydrogen) atoms. The SMILES string of the molecule is Cc1ccccc1P.Cc1ccccc1P.Cc1ccccc1P.Cc1ccccc1P.Cc1ccccc1P.Cc1ccccc1P.[Cl-].[Cl-].[Pd+].[Pd+]. The molecule has 286 valence electrons. The van der Waals surface area contributed by atoms with Crippen molar-refractivity contribution in [3.05, 3.63) is 179 Å². The minimum absolute atomic E-state index is 0. The molecule has 0 fully saturated rings. The third-order valence-electron chi connectivity index (χ3n) is 7.13. The monoisotopic (exact) mass is 1030 g/mol. The Labute approximate surface area is 370 Å². The van der Waals surface area contributed by atoms with Crippen LogP contribution in [0, 0.1) is 41.5 Å². The van der Waals surface area contributed by atoms with Gasteiger partial charge in [-0.2, -0.15) is 0 Å². The zero-order valence-electron chi connectivity index (χ0n) is 30.7. The third kappa shape index (κ3) is 27.4. The normalized spacial score (nSPS) is 8.54. The molecule has 2 radical (unpaired) electrons. The van der Waals surface area contributed by atoms with Crippen LogP contribution in [0.25, 0.3) is 0 Å². The maximum Gasteiger partial charge on any atom is 1.00 e. The molecule has 6 atom stereocenters. The van der Waals surface area contributed by atoms with Gasteiger partial charge in [0.1, 0.15) is 0 Å². The van der Waals surface area contributed by atoms with Crippen molar-refractivity contribution < 1.29 is 65.7 Å². The summed E-state index contributed by atoms with van der Waals surface area (Å²) in [6, 6.07) is 49.6. The average molecular weight is 1030 g/mol. The summed E-state index contributed by atoms with van der Waals surface area (Å²) in [5, 5.41) is 7.71. The Morgan fingerprint density at radius 3 is 0.385 bits per heavy atom. The van der Waals surface area contributed by atoms with Crippen LogP contribution in [0.5, 0.6) is 0 Å². The zero-order valence-corrected chi connectivity index (χ0v) is 42.3. The van der Waals surface area contributed by atoms with Gasteiger partial charge in [0.25, 0.3) is 0 Å². The van der Waals surface area contributed by atoms with Crippen LogP contribution < -0.4 is 56.6 Å². The maximum atomic E-state index is 2.69. The van der Waals surface area contributed by atoms with E-state index in [9.17, 15) is 0 Å². The van der Waals surface area contributed by atoms with Crippen molar-refractivity contribution in [2.75, 3.05) is 0 Å². The van der Waals surface area contributed by atoms with Gasteiger partial charge in [0.2, 0.25) is 0 Å². The molecular weight excluding hydrogens is 974 g/mol. The second-order valence-electron chi connectivity index (χ2n) is 11.1. The molecule has 0 heterocycles. The van der Waals surface area contributed by atoms with Gasteiger partial charge in [-0.3, -0.25) is 0 Å². The number of hydrogen-bond donors (Lipinski definition) is 0. The summed E-state index contributed by atoms with van der Waals surface area (Å²) in [5.74, 6) is 0. The summed E-state index contributed by atoms with van der Waals surface area (Å²) in [6.07, 6.45) is 0. The molecule has 0 aromatic heterocycles. The molecule has 0 aliphatic rings. The van der Waals surface area contributed by atoms with E-state index in [0.29, 0.717) is 0 Å². The fraction of sp³-hybridized carbons (Fsp3) is 0.143. The first kappa shape index (κ1) is 58.5. The quantitative estimate of drug-likeness (QED) is 0.163. The topological polar surface area (TPSA) is 0 Å². The van der Waals surface area contributed by atoms with Gasteiger partial charge in [-0.05, 0) is 107 Å². The number of halogens is 2. The van der Waals surface area contributed by atoms with Crippen LogP contribution in [-0.2, 0) is 40.8 Å². The summed E-state index contributed by atoms with van der Waals surface area (Å²) >= 11 is 0. The van der Waals surface area contributed by atoms with Crippen molar-refractivity contribution in [1.82, 2.24) is 0 Å². The summed E-state index contributed by atoms with van der Waals surface area (Å²) in [6.45, 7) is 12.6. The second-order valence-corrected chi connectivity index (χ2v) is 14.9. The Kier molecular flexibility index (Phi) is 39.6. The van der Waals surface area contributed by atoms with Crippen molar-refractivity contribution in [2.45, 2.75) is 41.5 Å². The molecule has 6 aromatic carbocycles. The molecule has 0 aliphatic carbocycles. The number of aryl methyl sites for hydroxylation is 6. The Bertz CT molecular complexity index is 1320. The first-order chi connectivity index (χ1) is 22.8. The maximum absolute atomic E-state index is 2.69. The van der Waals surface area contributed by atoms with E-state index in [0.717, 1.165) is 0 Å². The fourth-order valence-electron chi connectivity index (χ4n) is 3.52. The molecule has 0 nitrogen and oxygen atoms in total. The fourth-order valence-corrected chi connectivity index (χ4v) is 4.76. The average Bonchev–Trinajstić information content (AvgIpc) is 3.07. The van der Waals surface area contributed by atoms with E-state index >= 15 is 0 Å². The second kappa shape index (κ2) is 35.2. The van der Waals surface area contributed by atoms with E-state index in [2.05, 4.69) is 170 Å². The Balaban J connectivity index is -0.000000262. The number of rotatable bonds is 0. The summed E-state index contributed by atoms with van der Waals surface area (Å²) in [5.41, 5.74) is 7.99. The van der Waals surface area contributed by atoms with E-state index in [-0.39, 0.29) is 65.7 Å². The molecule has 10 heteroatoms. The van der Waals surface area contributed by atoms with Gasteiger partial charge in [-0.1, -0.05) is 146 Å². The molecule has 0 spiro atoms. The molecule has 6 rings (SSSR count). The predicted molar refractivity (Wildman–Crippen MR) is 243 cm³/mol. The van der Waals surface area contributed by atoms with Gasteiger partial charge in [0, 0.05) is 0 Å². The van der Waals surface area contributed by atoms with Gasteiger partial charge in [-0.25, -0.2) is 0 Å². The summed E-state index contributed by atoms with van der Waals surface area (Å²) in [4.78, 5) is 0. The van der Waals surface area contributed by atoms with Gasteiger partial charge in [-0.15, -0.1) is 55.4 Å². The largest absolute Gasteiger partial charge is 1.00 e. The molecule has 0 bridgehead atoms. The van der Waals surface area contributed by atoms with E-state index in [1.807, 2.05) is 72.8 Å². The van der Waals surface area contributed by atoms with Crippen LogP contribution >= 0.6 is 55.4 Å². The molecule has 0 aliphatic heterocycles. The van der Waals surface area contributed by atoms with Crippen LogP contribution in [-0.4, -0.2) is 0 Å². The van der Waals surface area contributed by atoms with Crippen molar-refractivity contribution in [2.24, 2.45) is 0 Å². The zero-order chi connectivity index (χ0) is 35.9. The molecule has 0 amide bonds. The molecule has 0 N–H and O–H groups in total. The first-order valence-electron chi connectivity index (χ1n) is 15.7. The molecule has 0 saturated carbocycles. The smallest absolute Gasteiger partial charge is 1.00 e. The van der Waals surface area contributed by atoms with Crippen LogP contribution in [0.2, 0.25) is 0 Å². The summed E-state index contributed by atoms with van der Waals surface area (Å²) in [7, 11) is 16.1. The van der Waals surface area contributed by atoms with Gasteiger partial charge >= 0.3 is 40.8 Å². The van der Waals surface area contributed by atoms with Gasteiger partial charge in [0.05, 0.1) is 0 Å². The van der Waals surface area contributed by atoms with Crippen LogP contribution in [0.4, 0.5) is 0 Å². The molecule has 6 aromatic rings. The van der Waals surface area contributed by atoms with Gasteiger partial charge in [0.15, 0.2) is 0 Å². The van der Waals surface area contributed by atoms with E-state index in [4.69, 9.17) is 0 Å². The van der Waals surface area contributed by atoms with Crippen molar-refractivity contribution >= 4 is 87.3 Å². The number of hydrogen-bond acceptors (Lipinski definition) is 0. The standard InChI is InChI=1S/6C7H9P.2ClH.2Pd/c6*1-6-4-2-3-5-7(6)8;;;;/h6*2-5H,8H2,1H3;2*1H;;/q;;;;;;;;2*+1/p-2. The molecule has 6 unspecified atom stereocenters. The Hall–Kier alpha value is -0.195. The predicted octanol–water partition coefficient (Wildman–Crippen LogP) is 2.98. The number of benzene rings is 6. The minimum atomic E-state index is 0. The summed E-state index contributed by atoms with van der Waals surface area (Å²) < 4.78 is 0. The van der Waals surface area contributed by atoms with Crippen molar-refractivity contribution in [3.63, 3.8) is 0 Å². The van der Waals surface area contributed by atoms with Crippen LogP contribution in [0.3, 0.4) is 0 Å². The van der Waals surface area contributed by atoms with E-state index < -0.39 is 0 Å². The van der Waals surface area contributed by atoms with Gasteiger partial charge < -0.3 is 24.8 Å². The Morgan fingerprint density at radius 1 is 0.231 bits per heavy atom. The minimum Gasteiger partial charge on any atom is -1.00 e. The van der Waals surface area contributed by atoms with E-state index in [1.165, 1.54) is 65.2 Å². The van der Waals surface area contributed by atoms with Crippen LogP contribution in [0.15, 0.2) is 146 Å². The van der Waals surface area contributed by atoms with Crippen molar-refractivity contribution in [3.8, 4) is 0 Å². The first-order valence-corrected chi connectivity index (χ1v) is 19.2. The van der Waals surface area contributed by atoms with E-state index in [1.54, 1.807) is 0 Å². The molecular formula is C42H54Cl2P6Pd2. The third-order valence-corrected chi connectivity index (χ3v) is 11.0. The Morgan fingerprint density at radius 2 is 0.327 bits per heavy atom.